The van der Waals surface area contributed by atoms with Crippen LogP contribution in [-0.2, 0) is 4.74 Å². The van der Waals surface area contributed by atoms with Crippen molar-refractivity contribution in [1.82, 2.24) is 9.88 Å². The quantitative estimate of drug-likeness (QED) is 0.805. The number of aromatic nitrogens is 1. The molecule has 0 saturated carbocycles. The summed E-state index contributed by atoms with van der Waals surface area (Å²) in [6.45, 7) is 1.35. The Labute approximate surface area is 111 Å². The number of rotatable bonds is 2. The molecule has 1 fully saturated rings. The predicted octanol–water partition coefficient (Wildman–Crippen LogP) is 1.61. The lowest BCUT2D eigenvalue weighted by atomic mass is 10.1. The zero-order valence-corrected chi connectivity index (χ0v) is 10.8. The Morgan fingerprint density at radius 3 is 3.11 bits per heavy atom. The topological polar surface area (TPSA) is 71.4 Å². The van der Waals surface area contributed by atoms with E-state index >= 15 is 0 Å². The number of ether oxygens (including phenoxy) is 1. The molecule has 1 aliphatic heterocycles. The molecule has 2 heterocycles. The second-order valence-electron chi connectivity index (χ2n) is 4.94. The normalized spacial score (nSPS) is 18.9. The average Bonchev–Trinajstić information content (AvgIpc) is 3.05. The van der Waals surface area contributed by atoms with E-state index in [1.807, 2.05) is 25.2 Å². The average molecular weight is 259 g/mol. The molecule has 0 spiro atoms. The number of aromatic amines is 1. The number of carbonyl (C=O) groups is 1. The number of likely N-dealkylation sites (N-methyl/N-ethyl adjacent to an activating group) is 1. The van der Waals surface area contributed by atoms with Crippen LogP contribution in [0.2, 0.25) is 0 Å². The van der Waals surface area contributed by atoms with Crippen molar-refractivity contribution in [3.8, 4) is 0 Å². The Hall–Kier alpha value is -2.01. The van der Waals surface area contributed by atoms with E-state index in [2.05, 4.69) is 4.98 Å². The van der Waals surface area contributed by atoms with Crippen molar-refractivity contribution in [1.29, 1.82) is 0 Å². The number of nitrogen functional groups attached to an aromatic ring is 1. The molecule has 0 radical (unpaired) electrons. The van der Waals surface area contributed by atoms with Crippen molar-refractivity contribution in [2.75, 3.05) is 26.0 Å². The standard InChI is InChI=1S/C14H17N3O2/c1-17(10-4-5-19-8-10)14(18)12-7-16-13-6-9(15)2-3-11(12)13/h2-3,6-7,10,16H,4-5,8,15H2,1H3. The first-order valence-corrected chi connectivity index (χ1v) is 6.38. The Bertz CT molecular complexity index is 614. The summed E-state index contributed by atoms with van der Waals surface area (Å²) in [7, 11) is 1.83. The van der Waals surface area contributed by atoms with E-state index in [1.54, 1.807) is 11.1 Å². The molecule has 5 heteroatoms. The molecule has 0 aliphatic carbocycles. The fourth-order valence-electron chi connectivity index (χ4n) is 2.50. The van der Waals surface area contributed by atoms with Crippen molar-refractivity contribution in [2.24, 2.45) is 0 Å². The summed E-state index contributed by atoms with van der Waals surface area (Å²) in [6, 6.07) is 5.70. The van der Waals surface area contributed by atoms with Gasteiger partial charge in [0.05, 0.1) is 18.2 Å². The minimum atomic E-state index is 0.0199. The minimum absolute atomic E-state index is 0.0199. The monoisotopic (exact) mass is 259 g/mol. The minimum Gasteiger partial charge on any atom is -0.399 e. The number of hydrogen-bond donors (Lipinski definition) is 2. The third-order valence-corrected chi connectivity index (χ3v) is 3.71. The van der Waals surface area contributed by atoms with Crippen LogP contribution in [-0.4, -0.2) is 42.1 Å². The summed E-state index contributed by atoms with van der Waals surface area (Å²) >= 11 is 0. The molecule has 1 unspecified atom stereocenters. The van der Waals surface area contributed by atoms with Crippen molar-refractivity contribution < 1.29 is 9.53 Å². The second kappa shape index (κ2) is 4.59. The van der Waals surface area contributed by atoms with Crippen LogP contribution in [0.4, 0.5) is 5.69 Å². The number of nitrogens with two attached hydrogens (primary N) is 1. The number of H-pyrrole nitrogens is 1. The number of hydrogen-bond acceptors (Lipinski definition) is 3. The van der Waals surface area contributed by atoms with Gasteiger partial charge < -0.3 is 20.4 Å². The molecule has 1 amide bonds. The van der Waals surface area contributed by atoms with Gasteiger partial charge in [0, 0.05) is 36.4 Å². The van der Waals surface area contributed by atoms with Crippen molar-refractivity contribution in [2.45, 2.75) is 12.5 Å². The first-order chi connectivity index (χ1) is 9.16. The van der Waals surface area contributed by atoms with E-state index in [0.717, 1.165) is 23.9 Å². The van der Waals surface area contributed by atoms with Gasteiger partial charge in [0.1, 0.15) is 0 Å². The molecule has 1 aromatic heterocycles. The van der Waals surface area contributed by atoms with Crippen LogP contribution in [0.15, 0.2) is 24.4 Å². The molecule has 0 bridgehead atoms. The highest BCUT2D eigenvalue weighted by Gasteiger charge is 2.26. The molecule has 3 N–H and O–H groups in total. The van der Waals surface area contributed by atoms with E-state index in [-0.39, 0.29) is 11.9 Å². The molecule has 3 rings (SSSR count). The van der Waals surface area contributed by atoms with Crippen molar-refractivity contribution >= 4 is 22.5 Å². The number of carbonyl (C=O) groups excluding carboxylic acids is 1. The number of nitrogens with one attached hydrogen (secondary N) is 1. The maximum atomic E-state index is 12.5. The third kappa shape index (κ3) is 2.06. The molecule has 1 aromatic carbocycles. The molecule has 19 heavy (non-hydrogen) atoms. The SMILES string of the molecule is CN(C(=O)c1c[nH]c2cc(N)ccc12)C1CCOC1. The number of amides is 1. The number of nitrogens with zero attached hydrogens (tertiary/aromatic N) is 1. The summed E-state index contributed by atoms with van der Waals surface area (Å²) in [4.78, 5) is 17.4. The highest BCUT2D eigenvalue weighted by Crippen LogP contribution is 2.23. The fraction of sp³-hybridized carbons (Fsp3) is 0.357. The van der Waals surface area contributed by atoms with Gasteiger partial charge in [0.15, 0.2) is 0 Å². The van der Waals surface area contributed by atoms with Gasteiger partial charge >= 0.3 is 0 Å². The molecular weight excluding hydrogens is 242 g/mol. The van der Waals surface area contributed by atoms with E-state index in [4.69, 9.17) is 10.5 Å². The van der Waals surface area contributed by atoms with Crippen LogP contribution < -0.4 is 5.73 Å². The molecule has 1 aliphatic rings. The highest BCUT2D eigenvalue weighted by atomic mass is 16.5. The summed E-state index contributed by atoms with van der Waals surface area (Å²) in [6.07, 6.45) is 2.65. The third-order valence-electron chi connectivity index (χ3n) is 3.71. The predicted molar refractivity (Wildman–Crippen MR) is 74.0 cm³/mol. The van der Waals surface area contributed by atoms with Crippen molar-refractivity contribution in [3.63, 3.8) is 0 Å². The van der Waals surface area contributed by atoms with E-state index in [0.29, 0.717) is 17.9 Å². The van der Waals surface area contributed by atoms with E-state index in [1.165, 1.54) is 0 Å². The maximum Gasteiger partial charge on any atom is 0.256 e. The number of fused-ring (bicyclic) bond motifs is 1. The van der Waals surface area contributed by atoms with Crippen LogP contribution in [0.25, 0.3) is 10.9 Å². The Morgan fingerprint density at radius 1 is 1.53 bits per heavy atom. The highest BCUT2D eigenvalue weighted by molar-refractivity contribution is 6.07. The van der Waals surface area contributed by atoms with Crippen LogP contribution in [0.1, 0.15) is 16.8 Å². The summed E-state index contributed by atoms with van der Waals surface area (Å²) in [5, 5.41) is 0.907. The lowest BCUT2D eigenvalue weighted by Crippen LogP contribution is -2.37. The van der Waals surface area contributed by atoms with Gasteiger partial charge in [0.2, 0.25) is 0 Å². The Balaban J connectivity index is 1.92. The van der Waals surface area contributed by atoms with Gasteiger partial charge in [0.25, 0.3) is 5.91 Å². The van der Waals surface area contributed by atoms with Crippen LogP contribution in [0.3, 0.4) is 0 Å². The van der Waals surface area contributed by atoms with Gasteiger partial charge in [-0.1, -0.05) is 0 Å². The summed E-state index contributed by atoms with van der Waals surface area (Å²) in [5.41, 5.74) is 8.00. The van der Waals surface area contributed by atoms with Gasteiger partial charge in [-0.2, -0.15) is 0 Å². The number of benzene rings is 1. The summed E-state index contributed by atoms with van der Waals surface area (Å²) < 4.78 is 5.33. The van der Waals surface area contributed by atoms with Gasteiger partial charge in [-0.15, -0.1) is 0 Å². The zero-order chi connectivity index (χ0) is 13.4. The lowest BCUT2D eigenvalue weighted by Gasteiger charge is -2.22. The molecule has 100 valence electrons. The fourth-order valence-corrected chi connectivity index (χ4v) is 2.50. The van der Waals surface area contributed by atoms with Crippen LogP contribution in [0.5, 0.6) is 0 Å². The van der Waals surface area contributed by atoms with E-state index < -0.39 is 0 Å². The van der Waals surface area contributed by atoms with E-state index in [9.17, 15) is 4.79 Å². The van der Waals surface area contributed by atoms with Gasteiger partial charge in [-0.25, -0.2) is 0 Å². The Kier molecular flexibility index (Phi) is 2.91. The van der Waals surface area contributed by atoms with Crippen molar-refractivity contribution in [3.05, 3.63) is 30.0 Å². The second-order valence-corrected chi connectivity index (χ2v) is 4.94. The zero-order valence-electron chi connectivity index (χ0n) is 10.8. The molecule has 5 nitrogen and oxygen atoms in total. The molecular formula is C14H17N3O2. The van der Waals surface area contributed by atoms with Crippen LogP contribution >= 0.6 is 0 Å². The smallest absolute Gasteiger partial charge is 0.256 e. The first kappa shape index (κ1) is 12.0. The van der Waals surface area contributed by atoms with Gasteiger partial charge in [-0.3, -0.25) is 4.79 Å². The molecule has 1 saturated heterocycles. The maximum absolute atomic E-state index is 12.5. The first-order valence-electron chi connectivity index (χ1n) is 6.38. The largest absolute Gasteiger partial charge is 0.399 e. The number of anilines is 1. The Morgan fingerprint density at radius 2 is 2.37 bits per heavy atom. The molecule has 2 aromatic rings. The van der Waals surface area contributed by atoms with Gasteiger partial charge in [-0.05, 0) is 24.6 Å². The summed E-state index contributed by atoms with van der Waals surface area (Å²) in [5.74, 6) is 0.0199. The lowest BCUT2D eigenvalue weighted by molar-refractivity contribution is 0.0713. The molecule has 1 atom stereocenters. The van der Waals surface area contributed by atoms with Crippen LogP contribution in [0, 0.1) is 0 Å².